The molecule has 0 atom stereocenters. The summed E-state index contributed by atoms with van der Waals surface area (Å²) in [7, 11) is 0. The lowest BCUT2D eigenvalue weighted by Gasteiger charge is -2.32. The topological polar surface area (TPSA) is 125 Å². The quantitative estimate of drug-likeness (QED) is 0.286. The fourth-order valence-electron chi connectivity index (χ4n) is 4.85. The van der Waals surface area contributed by atoms with Gasteiger partial charge < -0.3 is 10.6 Å². The molecule has 0 saturated heterocycles. The molecule has 10 heteroatoms. The van der Waals surface area contributed by atoms with E-state index >= 15 is 0 Å². The number of anilines is 3. The molecule has 0 spiro atoms. The summed E-state index contributed by atoms with van der Waals surface area (Å²) in [4.78, 5) is 40.6. The summed E-state index contributed by atoms with van der Waals surface area (Å²) in [5, 5.41) is 17.0. The van der Waals surface area contributed by atoms with E-state index in [0.29, 0.717) is 45.2 Å². The molecule has 3 N–H and O–H groups in total. The molecule has 0 fully saturated rings. The van der Waals surface area contributed by atoms with Crippen LogP contribution in [0.15, 0.2) is 67.0 Å². The number of amides is 2. The first-order chi connectivity index (χ1) is 17.7. The highest BCUT2D eigenvalue weighted by molar-refractivity contribution is 6.32. The van der Waals surface area contributed by atoms with Gasteiger partial charge in [-0.25, -0.2) is 4.68 Å². The van der Waals surface area contributed by atoms with Gasteiger partial charge in [-0.05, 0) is 69.3 Å². The van der Waals surface area contributed by atoms with Crippen LogP contribution in [0.25, 0.3) is 5.57 Å². The van der Waals surface area contributed by atoms with Crippen molar-refractivity contribution >= 4 is 40.4 Å². The number of carbonyl (C=O) groups is 3. The summed E-state index contributed by atoms with van der Waals surface area (Å²) in [6.07, 6.45) is 3.24. The minimum atomic E-state index is -0.682. The monoisotopic (exact) mass is 493 g/mol. The zero-order valence-electron chi connectivity index (χ0n) is 20.4. The molecule has 2 aromatic carbocycles. The fraction of sp³-hybridized carbons (Fsp3) is 0.148. The summed E-state index contributed by atoms with van der Waals surface area (Å²) in [6.45, 7) is 5.72. The van der Waals surface area contributed by atoms with Gasteiger partial charge in [0, 0.05) is 46.5 Å². The number of aromatic amines is 1. The Hall–Kier alpha value is -4.99. The van der Waals surface area contributed by atoms with E-state index in [0.717, 1.165) is 5.69 Å². The minimum absolute atomic E-state index is 0.136. The second kappa shape index (κ2) is 8.02. The van der Waals surface area contributed by atoms with Crippen molar-refractivity contribution in [3.8, 4) is 0 Å². The van der Waals surface area contributed by atoms with Gasteiger partial charge >= 0.3 is 0 Å². The van der Waals surface area contributed by atoms with E-state index in [2.05, 4.69) is 25.9 Å². The van der Waals surface area contributed by atoms with Crippen molar-refractivity contribution in [1.29, 1.82) is 0 Å². The van der Waals surface area contributed by atoms with Crippen LogP contribution in [0.2, 0.25) is 0 Å². The van der Waals surface area contributed by atoms with Crippen molar-refractivity contribution in [2.24, 2.45) is 0 Å². The molecule has 0 radical (unpaired) electrons. The highest BCUT2D eigenvalue weighted by Crippen LogP contribution is 2.37. The second-order valence-electron chi connectivity index (χ2n) is 9.47. The van der Waals surface area contributed by atoms with Gasteiger partial charge in [-0.2, -0.15) is 10.2 Å². The maximum atomic E-state index is 13.3. The summed E-state index contributed by atoms with van der Waals surface area (Å²) in [5.41, 5.74) is 3.91. The number of aromatic nitrogens is 4. The van der Waals surface area contributed by atoms with Crippen molar-refractivity contribution in [2.45, 2.75) is 26.4 Å². The van der Waals surface area contributed by atoms with Crippen LogP contribution in [-0.4, -0.2) is 37.6 Å². The van der Waals surface area contributed by atoms with E-state index in [1.807, 2.05) is 20.8 Å². The number of carbonyl (C=O) groups excluding carboxylic acids is 3. The number of hydrogen-bond acceptors (Lipinski definition) is 6. The predicted molar refractivity (Wildman–Crippen MR) is 138 cm³/mol. The van der Waals surface area contributed by atoms with Crippen molar-refractivity contribution < 1.29 is 14.4 Å². The van der Waals surface area contributed by atoms with Gasteiger partial charge in [0.1, 0.15) is 11.4 Å². The Morgan fingerprint density at radius 1 is 1.03 bits per heavy atom. The van der Waals surface area contributed by atoms with Crippen LogP contribution in [0.5, 0.6) is 0 Å². The molecule has 2 aliphatic heterocycles. The largest absolute Gasteiger partial charge is 0.344 e. The van der Waals surface area contributed by atoms with Crippen LogP contribution in [-0.2, 0) is 10.5 Å². The van der Waals surface area contributed by atoms with Crippen LogP contribution in [0.4, 0.5) is 17.2 Å². The number of nitrogens with zero attached hydrogens (tertiary/aromatic N) is 4. The van der Waals surface area contributed by atoms with Gasteiger partial charge in [-0.1, -0.05) is 0 Å². The molecule has 0 bridgehead atoms. The van der Waals surface area contributed by atoms with Gasteiger partial charge in [0.25, 0.3) is 11.8 Å². The summed E-state index contributed by atoms with van der Waals surface area (Å²) in [6, 6.07) is 15.6. The van der Waals surface area contributed by atoms with Gasteiger partial charge in [0.2, 0.25) is 0 Å². The van der Waals surface area contributed by atoms with E-state index in [4.69, 9.17) is 0 Å². The number of benzene rings is 2. The molecule has 37 heavy (non-hydrogen) atoms. The third-order valence-corrected chi connectivity index (χ3v) is 6.64. The zero-order chi connectivity index (χ0) is 25.9. The first-order valence-electron chi connectivity index (χ1n) is 11.7. The molecule has 2 aromatic heterocycles. The van der Waals surface area contributed by atoms with Crippen molar-refractivity contribution in [3.63, 3.8) is 0 Å². The highest BCUT2D eigenvalue weighted by Gasteiger charge is 2.45. The third-order valence-electron chi connectivity index (χ3n) is 6.64. The standard InChI is InChI=1S/C27H23N7O3/c1-15-12-22-26(37)33(27(2,3)34(22)32-15)18-7-4-16(5-8-18)24(35)17-6-9-21-19(13-17)20(25(36)30-21)14-28-23-10-11-29-31-23/h4-14H,1-3H3,(H,30,36)(H2,28,29,31)/b20-14-. The fourth-order valence-corrected chi connectivity index (χ4v) is 4.85. The Balaban J connectivity index is 1.26. The summed E-state index contributed by atoms with van der Waals surface area (Å²) < 4.78 is 1.73. The number of fused-ring (bicyclic) bond motifs is 2. The lowest BCUT2D eigenvalue weighted by atomic mass is 9.98. The first kappa shape index (κ1) is 22.5. The van der Waals surface area contributed by atoms with Gasteiger partial charge in [-0.3, -0.25) is 24.4 Å². The van der Waals surface area contributed by atoms with E-state index < -0.39 is 5.66 Å². The number of nitrogens with one attached hydrogen (secondary N) is 3. The third kappa shape index (κ3) is 3.53. The number of rotatable bonds is 5. The minimum Gasteiger partial charge on any atom is -0.344 e. The van der Waals surface area contributed by atoms with E-state index in [-0.39, 0.29) is 17.6 Å². The van der Waals surface area contributed by atoms with Crippen LogP contribution in [0, 0.1) is 6.92 Å². The number of ketones is 1. The van der Waals surface area contributed by atoms with Crippen LogP contribution >= 0.6 is 0 Å². The number of aryl methyl sites for hydroxylation is 1. The summed E-state index contributed by atoms with van der Waals surface area (Å²) >= 11 is 0. The molecule has 2 amide bonds. The van der Waals surface area contributed by atoms with Crippen molar-refractivity contribution in [3.05, 3.63) is 95.1 Å². The van der Waals surface area contributed by atoms with Crippen LogP contribution < -0.4 is 15.5 Å². The lowest BCUT2D eigenvalue weighted by molar-refractivity contribution is -0.110. The number of H-pyrrole nitrogens is 1. The van der Waals surface area contributed by atoms with Crippen molar-refractivity contribution in [2.75, 3.05) is 15.5 Å². The van der Waals surface area contributed by atoms with E-state index in [1.165, 1.54) is 0 Å². The molecule has 0 saturated carbocycles. The smallest absolute Gasteiger partial charge is 0.278 e. The van der Waals surface area contributed by atoms with Crippen LogP contribution in [0.3, 0.4) is 0 Å². The molecule has 0 aliphatic carbocycles. The van der Waals surface area contributed by atoms with Crippen LogP contribution in [0.1, 0.15) is 51.5 Å². The van der Waals surface area contributed by atoms with Gasteiger partial charge in [0.05, 0.1) is 11.3 Å². The highest BCUT2D eigenvalue weighted by atomic mass is 16.2. The Kier molecular flexibility index (Phi) is 4.87. The predicted octanol–water partition coefficient (Wildman–Crippen LogP) is 3.90. The molecule has 2 aliphatic rings. The maximum Gasteiger partial charge on any atom is 0.278 e. The Bertz CT molecular complexity index is 1610. The molecule has 184 valence electrons. The molecule has 10 nitrogen and oxygen atoms in total. The zero-order valence-corrected chi connectivity index (χ0v) is 20.4. The Labute approximate surface area is 212 Å². The molecule has 4 aromatic rings. The summed E-state index contributed by atoms with van der Waals surface area (Å²) in [5.74, 6) is -0.0217. The second-order valence-corrected chi connectivity index (χ2v) is 9.47. The molecule has 4 heterocycles. The van der Waals surface area contributed by atoms with E-state index in [9.17, 15) is 14.4 Å². The SMILES string of the molecule is Cc1cc2n(n1)C(C)(C)N(c1ccc(C(=O)c3ccc4c(c3)/C(=C/Nc3cc[nH]n3)C(=O)N4)cc1)C2=O. The first-order valence-corrected chi connectivity index (χ1v) is 11.7. The normalized spacial score (nSPS) is 16.6. The molecular formula is C27H23N7O3. The Morgan fingerprint density at radius 3 is 2.49 bits per heavy atom. The Morgan fingerprint density at radius 2 is 1.78 bits per heavy atom. The van der Waals surface area contributed by atoms with Crippen molar-refractivity contribution in [1.82, 2.24) is 20.0 Å². The van der Waals surface area contributed by atoms with E-state index in [1.54, 1.807) is 76.6 Å². The van der Waals surface area contributed by atoms with Gasteiger partial charge in [-0.15, -0.1) is 0 Å². The molecular weight excluding hydrogens is 470 g/mol. The van der Waals surface area contributed by atoms with Gasteiger partial charge in [0.15, 0.2) is 11.6 Å². The lowest BCUT2D eigenvalue weighted by Crippen LogP contribution is -2.43. The molecule has 0 unspecified atom stereocenters. The molecule has 6 rings (SSSR count). The maximum absolute atomic E-state index is 13.3. The average molecular weight is 494 g/mol. The average Bonchev–Trinajstić information content (AvgIpc) is 3.63. The number of hydrogen-bond donors (Lipinski definition) is 3.